The van der Waals surface area contributed by atoms with Crippen molar-refractivity contribution in [3.63, 3.8) is 0 Å². The van der Waals surface area contributed by atoms with E-state index in [1.165, 1.54) is 42.2 Å². The van der Waals surface area contributed by atoms with Gasteiger partial charge in [-0.25, -0.2) is 18.8 Å². The van der Waals surface area contributed by atoms with Gasteiger partial charge in [0.05, 0.1) is 5.02 Å². The van der Waals surface area contributed by atoms with Crippen LogP contribution in [0.4, 0.5) is 14.5 Å². The summed E-state index contributed by atoms with van der Waals surface area (Å²) in [5.74, 6) is 0.826. The Morgan fingerprint density at radius 3 is 2.93 bits per heavy atom. The van der Waals surface area contributed by atoms with Crippen LogP contribution in [0.1, 0.15) is 16.1 Å². The number of carbonyl (C=O) groups excluding carboxylic acids is 1. The van der Waals surface area contributed by atoms with Crippen LogP contribution in [-0.4, -0.2) is 39.0 Å². The molecule has 0 radical (unpaired) electrons. The van der Waals surface area contributed by atoms with Crippen LogP contribution in [0.25, 0.3) is 0 Å². The summed E-state index contributed by atoms with van der Waals surface area (Å²) in [5, 5.41) is 3.39. The fourth-order valence-electron chi connectivity index (χ4n) is 4.71. The van der Waals surface area contributed by atoms with Gasteiger partial charge in [-0.2, -0.15) is 11.8 Å². The van der Waals surface area contributed by atoms with Crippen LogP contribution in [0.2, 0.25) is 5.02 Å². The van der Waals surface area contributed by atoms with Crippen molar-refractivity contribution in [2.75, 3.05) is 23.5 Å². The van der Waals surface area contributed by atoms with Gasteiger partial charge in [-0.05, 0) is 42.0 Å². The molecule has 10 heteroatoms. The molecule has 4 atom stereocenters. The monoisotopic (exact) mass is 466 g/mol. The van der Waals surface area contributed by atoms with Gasteiger partial charge in [-0.15, -0.1) is 0 Å². The summed E-state index contributed by atoms with van der Waals surface area (Å²) in [4.78, 5) is 20.9. The van der Waals surface area contributed by atoms with Gasteiger partial charge in [-0.3, -0.25) is 4.79 Å². The molecule has 30 heavy (non-hydrogen) atoms. The highest BCUT2D eigenvalue weighted by molar-refractivity contribution is 8.16. The Kier molecular flexibility index (Phi) is 4.75. The number of anilines is 1. The van der Waals surface area contributed by atoms with Crippen molar-refractivity contribution in [2.24, 2.45) is 22.6 Å². The molecule has 156 valence electrons. The van der Waals surface area contributed by atoms with E-state index in [1.807, 2.05) is 11.8 Å². The van der Waals surface area contributed by atoms with Crippen molar-refractivity contribution < 1.29 is 13.6 Å². The zero-order valence-electron chi connectivity index (χ0n) is 15.6. The SMILES string of the molecule is NC1=N[C@](CF)(c2cc(NC(=O)c3ccc(Cl)cn3)ccc2F)[C@H]2[C@@H]3CSC[C@@]32S1. The number of aromatic nitrogens is 1. The van der Waals surface area contributed by atoms with Crippen LogP contribution in [0, 0.1) is 17.7 Å². The molecule has 1 saturated carbocycles. The fraction of sp³-hybridized carbons (Fsp3) is 0.350. The van der Waals surface area contributed by atoms with E-state index in [0.29, 0.717) is 10.7 Å². The van der Waals surface area contributed by atoms with E-state index >= 15 is 0 Å². The average molecular weight is 467 g/mol. The Morgan fingerprint density at radius 1 is 1.37 bits per heavy atom. The highest BCUT2D eigenvalue weighted by Gasteiger charge is 2.77. The Balaban J connectivity index is 1.51. The number of carbonyl (C=O) groups is 1. The van der Waals surface area contributed by atoms with Crippen LogP contribution >= 0.6 is 35.1 Å². The lowest BCUT2D eigenvalue weighted by Gasteiger charge is -2.35. The van der Waals surface area contributed by atoms with Crippen LogP contribution in [0.3, 0.4) is 0 Å². The normalized spacial score (nSPS) is 31.5. The second kappa shape index (κ2) is 7.10. The summed E-state index contributed by atoms with van der Waals surface area (Å²) in [7, 11) is 0. The van der Waals surface area contributed by atoms with Gasteiger partial charge >= 0.3 is 0 Å². The molecule has 0 unspecified atom stereocenters. The predicted molar refractivity (Wildman–Crippen MR) is 118 cm³/mol. The molecule has 0 bridgehead atoms. The molecule has 1 aromatic heterocycles. The molecule has 2 aliphatic heterocycles. The van der Waals surface area contributed by atoms with Crippen molar-refractivity contribution in [1.82, 2.24) is 4.98 Å². The van der Waals surface area contributed by atoms with Crippen molar-refractivity contribution >= 4 is 51.9 Å². The number of aliphatic imine (C=N–C) groups is 1. The third kappa shape index (κ3) is 2.93. The first-order chi connectivity index (χ1) is 14.4. The molecule has 5 rings (SSSR count). The second-order valence-corrected chi connectivity index (χ2v) is 10.5. The Labute approximate surface area is 185 Å². The van der Waals surface area contributed by atoms with E-state index < -0.39 is 23.9 Å². The lowest BCUT2D eigenvalue weighted by Crippen LogP contribution is -2.41. The summed E-state index contributed by atoms with van der Waals surface area (Å²) < 4.78 is 29.4. The topological polar surface area (TPSA) is 80.4 Å². The van der Waals surface area contributed by atoms with Gasteiger partial charge in [0.2, 0.25) is 0 Å². The summed E-state index contributed by atoms with van der Waals surface area (Å²) >= 11 is 9.11. The number of alkyl halides is 1. The highest BCUT2D eigenvalue weighted by atomic mass is 35.5. The molecular weight excluding hydrogens is 450 g/mol. The van der Waals surface area contributed by atoms with E-state index in [-0.39, 0.29) is 33.0 Å². The minimum absolute atomic E-state index is 0.119. The first kappa shape index (κ1) is 20.1. The lowest BCUT2D eigenvalue weighted by molar-refractivity contribution is 0.102. The molecule has 2 fully saturated rings. The van der Waals surface area contributed by atoms with E-state index in [9.17, 15) is 13.6 Å². The molecule has 3 N–H and O–H groups in total. The van der Waals surface area contributed by atoms with Crippen molar-refractivity contribution in [1.29, 1.82) is 0 Å². The van der Waals surface area contributed by atoms with Crippen molar-refractivity contribution in [2.45, 2.75) is 10.3 Å². The number of nitrogens with one attached hydrogen (secondary N) is 1. The summed E-state index contributed by atoms with van der Waals surface area (Å²) in [5.41, 5.74) is 5.32. The number of nitrogens with two attached hydrogens (primary N) is 1. The number of nitrogens with zero attached hydrogens (tertiary/aromatic N) is 2. The summed E-state index contributed by atoms with van der Waals surface area (Å²) in [6.45, 7) is -0.852. The van der Waals surface area contributed by atoms with E-state index in [4.69, 9.17) is 17.3 Å². The van der Waals surface area contributed by atoms with Gasteiger partial charge in [0.15, 0.2) is 5.17 Å². The number of amides is 1. The van der Waals surface area contributed by atoms with Crippen LogP contribution in [0.5, 0.6) is 0 Å². The number of thioether (sulfide) groups is 2. The quantitative estimate of drug-likeness (QED) is 0.709. The van der Waals surface area contributed by atoms with Crippen LogP contribution in [0.15, 0.2) is 41.5 Å². The number of fused-ring (bicyclic) bond motifs is 1. The van der Waals surface area contributed by atoms with Crippen LogP contribution < -0.4 is 11.1 Å². The average Bonchev–Trinajstić information content (AvgIpc) is 3.18. The minimum atomic E-state index is -1.37. The van der Waals surface area contributed by atoms with Gasteiger partial charge in [0, 0.05) is 33.9 Å². The Bertz CT molecular complexity index is 1070. The molecular formula is C20H17ClF2N4OS2. The van der Waals surface area contributed by atoms with E-state index in [0.717, 1.165) is 11.5 Å². The zero-order valence-corrected chi connectivity index (χ0v) is 18.0. The minimum Gasteiger partial charge on any atom is -0.378 e. The predicted octanol–water partition coefficient (Wildman–Crippen LogP) is 4.08. The zero-order chi connectivity index (χ0) is 21.1. The number of pyridine rings is 1. The first-order valence-corrected chi connectivity index (χ1v) is 11.7. The molecule has 1 aromatic carbocycles. The number of rotatable bonds is 4. The fourth-order valence-corrected chi connectivity index (χ4v) is 8.38. The van der Waals surface area contributed by atoms with Crippen LogP contribution in [-0.2, 0) is 5.54 Å². The standard InChI is InChI=1S/C20H17ClF2N4OS2/c21-10-1-4-15(25-6-10)17(28)26-11-2-3-14(23)12(5-11)19(8-22)16-13-7-29-9-20(13,16)30-18(24)27-19/h1-6,13,16H,7-9H2,(H2,24,27)(H,26,28)/t13-,16+,19+,20+/m0/s1. The molecule has 1 saturated heterocycles. The third-order valence-corrected chi connectivity index (χ3v) is 9.11. The molecule has 1 aliphatic carbocycles. The molecule has 3 aliphatic rings. The van der Waals surface area contributed by atoms with Crippen molar-refractivity contribution in [3.05, 3.63) is 58.6 Å². The smallest absolute Gasteiger partial charge is 0.274 e. The molecule has 1 amide bonds. The number of hydrogen-bond donors (Lipinski definition) is 2. The van der Waals surface area contributed by atoms with Gasteiger partial charge < -0.3 is 11.1 Å². The number of amidine groups is 1. The number of hydrogen-bond acceptors (Lipinski definition) is 6. The third-order valence-electron chi connectivity index (χ3n) is 6.05. The second-order valence-electron chi connectivity index (χ2n) is 7.67. The van der Waals surface area contributed by atoms with E-state index in [1.54, 1.807) is 6.07 Å². The highest BCUT2D eigenvalue weighted by Crippen LogP contribution is 2.74. The largest absolute Gasteiger partial charge is 0.378 e. The molecule has 5 nitrogen and oxygen atoms in total. The molecule has 2 aromatic rings. The molecule has 1 spiro atoms. The van der Waals surface area contributed by atoms with Crippen molar-refractivity contribution in [3.8, 4) is 0 Å². The summed E-state index contributed by atoms with van der Waals surface area (Å²) in [6.07, 6.45) is 1.37. The maximum atomic E-state index is 15.0. The Hall–Kier alpha value is -1.84. The first-order valence-electron chi connectivity index (χ1n) is 9.30. The lowest BCUT2D eigenvalue weighted by atomic mass is 9.84. The van der Waals surface area contributed by atoms with Gasteiger partial charge in [0.1, 0.15) is 23.7 Å². The van der Waals surface area contributed by atoms with E-state index in [2.05, 4.69) is 15.3 Å². The Morgan fingerprint density at radius 2 is 2.20 bits per heavy atom. The number of halogens is 3. The molecule has 3 heterocycles. The summed E-state index contributed by atoms with van der Waals surface area (Å²) in [6, 6.07) is 7.16. The van der Waals surface area contributed by atoms with Gasteiger partial charge in [-0.1, -0.05) is 23.4 Å². The number of benzene rings is 1. The maximum Gasteiger partial charge on any atom is 0.274 e. The van der Waals surface area contributed by atoms with Gasteiger partial charge in [0.25, 0.3) is 5.91 Å². The maximum absolute atomic E-state index is 15.0.